The number of aliphatic hydroxyl groups is 1. The van der Waals surface area contributed by atoms with Crippen LogP contribution >= 0.6 is 11.6 Å². The van der Waals surface area contributed by atoms with Crippen molar-refractivity contribution in [1.82, 2.24) is 15.0 Å². The summed E-state index contributed by atoms with van der Waals surface area (Å²) in [6, 6.07) is 8.62. The summed E-state index contributed by atoms with van der Waals surface area (Å²) in [5.41, 5.74) is 2.28. The number of halogens is 4. The van der Waals surface area contributed by atoms with Gasteiger partial charge >= 0.3 is 6.18 Å². The largest absolute Gasteiger partial charge is 0.484 e. The number of aromatic nitrogens is 3. The number of nitrogens with zero attached hydrogens (tertiary/aromatic N) is 2. The van der Waals surface area contributed by atoms with E-state index >= 15 is 0 Å². The lowest BCUT2D eigenvalue weighted by Gasteiger charge is -2.13. The van der Waals surface area contributed by atoms with E-state index < -0.39 is 23.6 Å². The number of aliphatic hydroxyl groups excluding tert-OH is 1. The summed E-state index contributed by atoms with van der Waals surface area (Å²) in [5, 5.41) is 8.52. The van der Waals surface area contributed by atoms with Crippen molar-refractivity contribution in [2.45, 2.75) is 37.0 Å². The monoisotopic (exact) mass is 481 g/mol. The first-order valence-corrected chi connectivity index (χ1v) is 10.7. The lowest BCUT2D eigenvalue weighted by Crippen LogP contribution is -2.19. The van der Waals surface area contributed by atoms with E-state index in [-0.39, 0.29) is 23.1 Å². The van der Waals surface area contributed by atoms with Gasteiger partial charge in [0.15, 0.2) is 11.8 Å². The number of imidazole rings is 1. The lowest BCUT2D eigenvalue weighted by atomic mass is 10.2. The van der Waals surface area contributed by atoms with Crippen molar-refractivity contribution in [1.29, 1.82) is 0 Å². The fraction of sp³-hybridized carbons (Fsp3) is 0.368. The Morgan fingerprint density at radius 2 is 1.94 bits per heavy atom. The van der Waals surface area contributed by atoms with E-state index in [0.717, 1.165) is 5.52 Å². The SMILES string of the molecule is CC(O)CCl.Cc1c(OCC(F)(F)F)ccnc1C[S@@](=O)c1nc2ccccc2[nH]1.O. The maximum atomic E-state index is 12.5. The van der Waals surface area contributed by atoms with Crippen LogP contribution in [0.25, 0.3) is 11.0 Å². The van der Waals surface area contributed by atoms with E-state index in [1.165, 1.54) is 12.3 Å². The molecule has 0 saturated carbocycles. The topological polar surface area (TPSA) is 120 Å². The Kier molecular flexibility index (Phi) is 10.4. The zero-order valence-corrected chi connectivity index (χ0v) is 18.3. The molecule has 2 atom stereocenters. The van der Waals surface area contributed by atoms with Crippen LogP contribution in [0, 0.1) is 6.92 Å². The van der Waals surface area contributed by atoms with Gasteiger partial charge in [-0.25, -0.2) is 4.98 Å². The molecule has 1 aromatic carbocycles. The maximum Gasteiger partial charge on any atom is 0.422 e. The number of ether oxygens (including phenoxy) is 1. The van der Waals surface area contributed by atoms with Crippen LogP contribution in [0.1, 0.15) is 18.2 Å². The predicted molar refractivity (Wildman–Crippen MR) is 113 cm³/mol. The first kappa shape index (κ1) is 26.8. The van der Waals surface area contributed by atoms with Crippen LogP contribution in [-0.4, -0.2) is 54.5 Å². The first-order chi connectivity index (χ1) is 14.1. The molecule has 3 rings (SSSR count). The molecule has 31 heavy (non-hydrogen) atoms. The zero-order valence-electron chi connectivity index (χ0n) is 16.7. The molecule has 0 amide bonds. The Morgan fingerprint density at radius 1 is 1.29 bits per heavy atom. The minimum atomic E-state index is -4.42. The molecule has 0 aliphatic carbocycles. The van der Waals surface area contributed by atoms with Crippen LogP contribution in [0.4, 0.5) is 13.2 Å². The van der Waals surface area contributed by atoms with Gasteiger partial charge in [0.05, 0.1) is 39.4 Å². The van der Waals surface area contributed by atoms with Gasteiger partial charge in [-0.15, -0.1) is 11.6 Å². The molecule has 0 radical (unpaired) electrons. The van der Waals surface area contributed by atoms with E-state index in [1.807, 2.05) is 18.2 Å². The molecule has 3 aromatic rings. The van der Waals surface area contributed by atoms with Crippen molar-refractivity contribution < 1.29 is 32.7 Å². The molecule has 7 nitrogen and oxygen atoms in total. The number of alkyl halides is 4. The van der Waals surface area contributed by atoms with Crippen LogP contribution < -0.4 is 4.74 Å². The van der Waals surface area contributed by atoms with Crippen molar-refractivity contribution in [3.05, 3.63) is 47.8 Å². The molecule has 12 heteroatoms. The quantitative estimate of drug-likeness (QED) is 0.523. The zero-order chi connectivity index (χ0) is 22.3. The molecule has 0 saturated heterocycles. The van der Waals surface area contributed by atoms with Crippen molar-refractivity contribution in [3.63, 3.8) is 0 Å². The standard InChI is InChI=1S/C16H14F3N3O2S.C3H7ClO.H2O/c1-10-13(20-7-6-14(10)24-9-16(17,18)19)8-25(23)15-21-11-4-2-3-5-12(11)22-15;1-3(5)2-4;/h2-7H,8-9H2,1H3,(H,21,22);3,5H,2H2,1H3;1H2/t25-;;/m1../s1. The van der Waals surface area contributed by atoms with Gasteiger partial charge in [-0.2, -0.15) is 13.2 Å². The number of benzene rings is 1. The summed E-state index contributed by atoms with van der Waals surface area (Å²) < 4.78 is 54.2. The molecule has 0 spiro atoms. The van der Waals surface area contributed by atoms with Gasteiger partial charge in [-0.1, -0.05) is 12.1 Å². The first-order valence-electron chi connectivity index (χ1n) is 8.82. The molecular formula is C19H23ClF3N3O4S. The number of aromatic amines is 1. The molecule has 2 aromatic heterocycles. The third-order valence-corrected chi connectivity index (χ3v) is 5.33. The number of hydrogen-bond acceptors (Lipinski definition) is 5. The molecule has 0 bridgehead atoms. The molecule has 2 heterocycles. The van der Waals surface area contributed by atoms with E-state index in [1.54, 1.807) is 19.9 Å². The highest BCUT2D eigenvalue weighted by Crippen LogP contribution is 2.24. The Labute approximate surface area is 184 Å². The van der Waals surface area contributed by atoms with Gasteiger partial charge in [-0.05, 0) is 32.0 Å². The highest BCUT2D eigenvalue weighted by molar-refractivity contribution is 7.84. The lowest BCUT2D eigenvalue weighted by molar-refractivity contribution is -0.153. The summed E-state index contributed by atoms with van der Waals surface area (Å²) in [7, 11) is -1.51. The fourth-order valence-electron chi connectivity index (χ4n) is 2.25. The van der Waals surface area contributed by atoms with Crippen molar-refractivity contribution in [3.8, 4) is 5.75 Å². The average molecular weight is 482 g/mol. The molecular weight excluding hydrogens is 459 g/mol. The summed E-state index contributed by atoms with van der Waals surface area (Å²) in [6.07, 6.45) is -3.44. The van der Waals surface area contributed by atoms with Crippen LogP contribution in [0.15, 0.2) is 41.7 Å². The van der Waals surface area contributed by atoms with Gasteiger partial charge in [0.25, 0.3) is 0 Å². The molecule has 0 aliphatic heterocycles. The highest BCUT2D eigenvalue weighted by Gasteiger charge is 2.29. The smallest absolute Gasteiger partial charge is 0.422 e. The van der Waals surface area contributed by atoms with Gasteiger partial charge in [0, 0.05) is 17.6 Å². The van der Waals surface area contributed by atoms with E-state index in [0.29, 0.717) is 27.8 Å². The number of nitrogens with one attached hydrogen (secondary N) is 1. The van der Waals surface area contributed by atoms with Crippen LogP contribution in [0.2, 0.25) is 0 Å². The van der Waals surface area contributed by atoms with Gasteiger partial charge in [-0.3, -0.25) is 9.19 Å². The van der Waals surface area contributed by atoms with Crippen molar-refractivity contribution in [2.75, 3.05) is 12.5 Å². The minimum absolute atomic E-state index is 0. The third kappa shape index (κ3) is 8.44. The van der Waals surface area contributed by atoms with Crippen LogP contribution in [0.5, 0.6) is 5.75 Å². The number of pyridine rings is 1. The van der Waals surface area contributed by atoms with Crippen LogP contribution in [-0.2, 0) is 16.6 Å². The molecule has 172 valence electrons. The number of H-pyrrole nitrogens is 1. The van der Waals surface area contributed by atoms with Crippen molar-refractivity contribution in [2.24, 2.45) is 0 Å². The summed E-state index contributed by atoms with van der Waals surface area (Å²) >= 11 is 5.09. The summed E-state index contributed by atoms with van der Waals surface area (Å²) in [6.45, 7) is 1.85. The van der Waals surface area contributed by atoms with E-state index in [4.69, 9.17) is 21.4 Å². The molecule has 1 unspecified atom stereocenters. The minimum Gasteiger partial charge on any atom is -0.484 e. The second-order valence-corrected chi connectivity index (χ2v) is 8.01. The summed E-state index contributed by atoms with van der Waals surface area (Å²) in [4.78, 5) is 11.3. The normalized spacial score (nSPS) is 13.0. The Bertz CT molecular complexity index is 966. The highest BCUT2D eigenvalue weighted by atomic mass is 35.5. The molecule has 0 aliphatic rings. The van der Waals surface area contributed by atoms with Gasteiger partial charge in [0.2, 0.25) is 0 Å². The predicted octanol–water partition coefficient (Wildman–Crippen LogP) is 3.30. The van der Waals surface area contributed by atoms with Crippen LogP contribution in [0.3, 0.4) is 0 Å². The second kappa shape index (κ2) is 12.0. The average Bonchev–Trinajstić information content (AvgIpc) is 3.13. The van der Waals surface area contributed by atoms with E-state index in [9.17, 15) is 17.4 Å². The Balaban J connectivity index is 0.000000721. The van der Waals surface area contributed by atoms with Gasteiger partial charge in [0.1, 0.15) is 5.75 Å². The second-order valence-electron chi connectivity index (χ2n) is 6.34. The van der Waals surface area contributed by atoms with E-state index in [2.05, 4.69) is 15.0 Å². The Morgan fingerprint density at radius 3 is 2.52 bits per heavy atom. The Hall–Kier alpha value is -2.21. The number of fused-ring (bicyclic) bond motifs is 1. The summed E-state index contributed by atoms with van der Waals surface area (Å²) in [5.74, 6) is 0.429. The molecule has 0 fully saturated rings. The number of hydrogen-bond donors (Lipinski definition) is 2. The molecule has 4 N–H and O–H groups in total. The van der Waals surface area contributed by atoms with Crippen molar-refractivity contribution >= 4 is 33.4 Å². The number of para-hydroxylation sites is 2. The van der Waals surface area contributed by atoms with Gasteiger partial charge < -0.3 is 20.3 Å². The maximum absolute atomic E-state index is 12.5. The third-order valence-electron chi connectivity index (χ3n) is 3.72. The number of rotatable bonds is 6. The fourth-order valence-corrected chi connectivity index (χ4v) is 3.35.